The number of benzene rings is 2. The van der Waals surface area contributed by atoms with Gasteiger partial charge in [0.25, 0.3) is 5.69 Å². The number of nitrogens with zero attached hydrogens (tertiary/aromatic N) is 2. The van der Waals surface area contributed by atoms with Gasteiger partial charge in [0, 0.05) is 11.8 Å². The molecule has 0 atom stereocenters. The van der Waals surface area contributed by atoms with Crippen LogP contribution >= 0.6 is 0 Å². The van der Waals surface area contributed by atoms with Crippen molar-refractivity contribution in [2.75, 3.05) is 37.9 Å². The highest BCUT2D eigenvalue weighted by Gasteiger charge is 2.16. The number of anilines is 2. The number of hydrogen-bond acceptors (Lipinski definition) is 6. The van der Waals surface area contributed by atoms with Gasteiger partial charge in [-0.3, -0.25) is 24.6 Å². The van der Waals surface area contributed by atoms with Gasteiger partial charge >= 0.3 is 0 Å². The van der Waals surface area contributed by atoms with E-state index in [1.54, 1.807) is 11.9 Å². The van der Waals surface area contributed by atoms with Crippen LogP contribution in [0.2, 0.25) is 0 Å². The first-order chi connectivity index (χ1) is 13.8. The first kappa shape index (κ1) is 21.8. The number of aryl methyl sites for hydroxylation is 1. The average Bonchev–Trinajstić information content (AvgIpc) is 2.68. The van der Waals surface area contributed by atoms with Gasteiger partial charge in [-0.05, 0) is 31.2 Å². The molecule has 154 valence electrons. The lowest BCUT2D eigenvalue weighted by atomic mass is 10.1. The normalized spacial score (nSPS) is 10.5. The van der Waals surface area contributed by atoms with E-state index in [0.29, 0.717) is 5.69 Å². The van der Waals surface area contributed by atoms with Crippen molar-refractivity contribution < 1.29 is 19.2 Å². The van der Waals surface area contributed by atoms with Crippen molar-refractivity contribution in [3.05, 3.63) is 58.1 Å². The molecule has 0 saturated heterocycles. The number of amides is 2. The fraction of sp³-hybridized carbons (Fsp3) is 0.300. The molecular weight excluding hydrogens is 376 g/mol. The van der Waals surface area contributed by atoms with Crippen LogP contribution < -0.4 is 15.4 Å². The highest BCUT2D eigenvalue weighted by atomic mass is 16.6. The van der Waals surface area contributed by atoms with E-state index in [1.165, 1.54) is 25.3 Å². The van der Waals surface area contributed by atoms with Crippen LogP contribution in [0.4, 0.5) is 17.1 Å². The van der Waals surface area contributed by atoms with Crippen LogP contribution in [-0.4, -0.2) is 48.9 Å². The molecule has 0 fully saturated rings. The average molecular weight is 400 g/mol. The van der Waals surface area contributed by atoms with E-state index in [4.69, 9.17) is 4.74 Å². The molecule has 0 spiro atoms. The number of nitro groups is 1. The number of carbonyl (C=O) groups is 2. The Morgan fingerprint density at radius 3 is 2.28 bits per heavy atom. The van der Waals surface area contributed by atoms with E-state index < -0.39 is 4.92 Å². The van der Waals surface area contributed by atoms with E-state index >= 15 is 0 Å². The minimum Gasteiger partial charge on any atom is -0.494 e. The topological polar surface area (TPSA) is 114 Å². The molecule has 2 aromatic rings. The van der Waals surface area contributed by atoms with Crippen molar-refractivity contribution >= 4 is 28.9 Å². The first-order valence-corrected chi connectivity index (χ1v) is 9.02. The molecule has 0 radical (unpaired) electrons. The highest BCUT2D eigenvalue weighted by molar-refractivity contribution is 5.95. The fourth-order valence-corrected chi connectivity index (χ4v) is 2.77. The van der Waals surface area contributed by atoms with Crippen molar-refractivity contribution in [3.8, 4) is 5.75 Å². The Balaban J connectivity index is 1.92. The smallest absolute Gasteiger partial charge is 0.273 e. The van der Waals surface area contributed by atoms with E-state index in [-0.39, 0.29) is 36.3 Å². The molecule has 9 nitrogen and oxygen atoms in total. The van der Waals surface area contributed by atoms with Crippen molar-refractivity contribution in [1.82, 2.24) is 4.90 Å². The maximum Gasteiger partial charge on any atom is 0.273 e. The van der Waals surface area contributed by atoms with Gasteiger partial charge in [0.05, 0.1) is 36.9 Å². The number of rotatable bonds is 9. The maximum atomic E-state index is 12.3. The Morgan fingerprint density at radius 1 is 1.07 bits per heavy atom. The Labute approximate surface area is 168 Å². The molecule has 0 bridgehead atoms. The molecule has 2 rings (SSSR count). The van der Waals surface area contributed by atoms with Crippen molar-refractivity contribution in [2.24, 2.45) is 0 Å². The standard InChI is InChI=1S/C20H24N4O5/c1-4-14-7-5-6-8-16(14)21-19(25)12-23(2)13-20(26)22-17-10-9-15(24(27)28)11-18(17)29-3/h5-11H,4,12-13H2,1-3H3,(H,21,25)(H,22,26). The number of nitro benzene ring substituents is 1. The zero-order chi connectivity index (χ0) is 21.4. The van der Waals surface area contributed by atoms with E-state index in [2.05, 4.69) is 10.6 Å². The second-order valence-corrected chi connectivity index (χ2v) is 6.42. The molecule has 2 amide bonds. The number of likely N-dealkylation sites (N-methyl/N-ethyl adjacent to an activating group) is 1. The lowest BCUT2D eigenvalue weighted by Crippen LogP contribution is -2.36. The summed E-state index contributed by atoms with van der Waals surface area (Å²) in [5.41, 5.74) is 1.97. The van der Waals surface area contributed by atoms with Gasteiger partial charge in [-0.25, -0.2) is 0 Å². The van der Waals surface area contributed by atoms with Crippen LogP contribution in [0.3, 0.4) is 0 Å². The van der Waals surface area contributed by atoms with Crippen molar-refractivity contribution in [2.45, 2.75) is 13.3 Å². The van der Waals surface area contributed by atoms with Crippen LogP contribution in [0.1, 0.15) is 12.5 Å². The predicted octanol–water partition coefficient (Wildman–Crippen LogP) is 2.67. The summed E-state index contributed by atoms with van der Waals surface area (Å²) in [4.78, 5) is 36.4. The summed E-state index contributed by atoms with van der Waals surface area (Å²) < 4.78 is 5.10. The molecule has 9 heteroatoms. The zero-order valence-corrected chi connectivity index (χ0v) is 16.6. The number of ether oxygens (including phenoxy) is 1. The second-order valence-electron chi connectivity index (χ2n) is 6.42. The maximum absolute atomic E-state index is 12.3. The molecule has 29 heavy (non-hydrogen) atoms. The molecule has 0 aliphatic heterocycles. The van der Waals surface area contributed by atoms with E-state index in [0.717, 1.165) is 17.7 Å². The zero-order valence-electron chi connectivity index (χ0n) is 16.6. The number of para-hydroxylation sites is 1. The molecule has 2 N–H and O–H groups in total. The van der Waals surface area contributed by atoms with Gasteiger partial charge < -0.3 is 15.4 Å². The van der Waals surface area contributed by atoms with Gasteiger partial charge in [0.2, 0.25) is 11.8 Å². The highest BCUT2D eigenvalue weighted by Crippen LogP contribution is 2.28. The van der Waals surface area contributed by atoms with Gasteiger partial charge in [0.15, 0.2) is 0 Å². The van der Waals surface area contributed by atoms with Crippen LogP contribution in [0, 0.1) is 10.1 Å². The summed E-state index contributed by atoms with van der Waals surface area (Å²) in [6.07, 6.45) is 0.797. The third kappa shape index (κ3) is 6.28. The lowest BCUT2D eigenvalue weighted by molar-refractivity contribution is -0.384. The van der Waals surface area contributed by atoms with Gasteiger partial charge in [-0.15, -0.1) is 0 Å². The van der Waals surface area contributed by atoms with E-state index in [1.807, 2.05) is 31.2 Å². The predicted molar refractivity (Wildman–Crippen MR) is 110 cm³/mol. The third-order valence-electron chi connectivity index (χ3n) is 4.17. The summed E-state index contributed by atoms with van der Waals surface area (Å²) in [5.74, 6) is -0.417. The van der Waals surface area contributed by atoms with Crippen molar-refractivity contribution in [3.63, 3.8) is 0 Å². The minimum atomic E-state index is -0.544. The molecule has 0 unspecified atom stereocenters. The number of nitrogens with one attached hydrogen (secondary N) is 2. The lowest BCUT2D eigenvalue weighted by Gasteiger charge is -2.17. The Hall–Kier alpha value is -3.46. The molecular formula is C20H24N4O5. The quantitative estimate of drug-likeness (QED) is 0.494. The summed E-state index contributed by atoms with van der Waals surface area (Å²) >= 11 is 0. The Bertz CT molecular complexity index is 900. The van der Waals surface area contributed by atoms with Gasteiger partial charge in [0.1, 0.15) is 5.75 Å². The number of hydrogen-bond donors (Lipinski definition) is 2. The summed E-state index contributed by atoms with van der Waals surface area (Å²) in [6.45, 7) is 2.00. The second kappa shape index (κ2) is 10.2. The van der Waals surface area contributed by atoms with Crippen LogP contribution in [0.15, 0.2) is 42.5 Å². The molecule has 0 aliphatic rings. The molecule has 2 aromatic carbocycles. The monoisotopic (exact) mass is 400 g/mol. The number of carbonyl (C=O) groups excluding carboxylic acids is 2. The van der Waals surface area contributed by atoms with E-state index in [9.17, 15) is 19.7 Å². The molecule has 0 aromatic heterocycles. The Morgan fingerprint density at radius 2 is 1.69 bits per heavy atom. The molecule has 0 heterocycles. The summed E-state index contributed by atoms with van der Waals surface area (Å²) in [5, 5.41) is 16.3. The minimum absolute atomic E-state index is 0.0306. The van der Waals surface area contributed by atoms with Crippen molar-refractivity contribution in [1.29, 1.82) is 0 Å². The fourth-order valence-electron chi connectivity index (χ4n) is 2.77. The first-order valence-electron chi connectivity index (χ1n) is 9.02. The number of non-ortho nitro benzene ring substituents is 1. The van der Waals surface area contributed by atoms with Crippen LogP contribution in [0.25, 0.3) is 0 Å². The summed E-state index contributed by atoms with van der Waals surface area (Å²) in [6, 6.07) is 11.5. The van der Waals surface area contributed by atoms with Crippen LogP contribution in [0.5, 0.6) is 5.75 Å². The summed E-state index contributed by atoms with van der Waals surface area (Å²) in [7, 11) is 3.01. The molecule has 0 saturated carbocycles. The van der Waals surface area contributed by atoms with Gasteiger partial charge in [-0.2, -0.15) is 0 Å². The largest absolute Gasteiger partial charge is 0.494 e. The van der Waals surface area contributed by atoms with Crippen LogP contribution in [-0.2, 0) is 16.0 Å². The Kier molecular flexibility index (Phi) is 7.67. The molecule has 0 aliphatic carbocycles. The number of methoxy groups -OCH3 is 1. The van der Waals surface area contributed by atoms with Gasteiger partial charge in [-0.1, -0.05) is 25.1 Å². The SMILES string of the molecule is CCc1ccccc1NC(=O)CN(C)CC(=O)Nc1ccc([N+](=O)[O-])cc1OC. The third-order valence-corrected chi connectivity index (χ3v) is 4.17.